The van der Waals surface area contributed by atoms with Gasteiger partial charge in [0.05, 0.1) is 23.1 Å². The number of rotatable bonds is 8. The van der Waals surface area contributed by atoms with E-state index in [-0.39, 0.29) is 42.2 Å². The highest BCUT2D eigenvalue weighted by Crippen LogP contribution is 2.33. The van der Waals surface area contributed by atoms with Gasteiger partial charge >= 0.3 is 12.0 Å². The number of hydrogen-bond donors (Lipinski definition) is 1. The second-order valence-electron chi connectivity index (χ2n) is 9.41. The zero-order valence-corrected chi connectivity index (χ0v) is 23.6. The molecule has 0 bridgehead atoms. The van der Waals surface area contributed by atoms with Crippen molar-refractivity contribution in [1.29, 1.82) is 0 Å². The quantitative estimate of drug-likeness (QED) is 0.479. The first kappa shape index (κ1) is 29.0. The monoisotopic (exact) mass is 578 g/mol. The number of halogens is 2. The van der Waals surface area contributed by atoms with E-state index in [1.165, 1.54) is 45.6 Å². The molecule has 2 amide bonds. The molecule has 0 aromatic heterocycles. The van der Waals surface area contributed by atoms with E-state index in [0.29, 0.717) is 35.9 Å². The standard InChI is InChI=1S/C27H32ClFN4O5S/c1-4-32-23(24(26(34)38-5-2)25(30-27(32)35)19-6-10-21(29)11-7-19)17-31-14-15-33(18(3)16-31)39(36,37)22-12-8-20(28)9-13-22/h6-13,18,25H,4-5,14-17H2,1-3H3,(H,30,35)/t18-,25+/m0/s1. The lowest BCUT2D eigenvalue weighted by molar-refractivity contribution is -0.139. The normalized spacial score (nSPS) is 21.2. The third-order valence-electron chi connectivity index (χ3n) is 6.90. The van der Waals surface area contributed by atoms with Crippen molar-refractivity contribution < 1.29 is 27.1 Å². The summed E-state index contributed by atoms with van der Waals surface area (Å²) >= 11 is 5.93. The summed E-state index contributed by atoms with van der Waals surface area (Å²) in [4.78, 5) is 30.1. The summed E-state index contributed by atoms with van der Waals surface area (Å²) in [6.45, 7) is 7.01. The van der Waals surface area contributed by atoms with Crippen molar-refractivity contribution in [2.75, 3.05) is 39.3 Å². The van der Waals surface area contributed by atoms with Crippen LogP contribution in [0.15, 0.2) is 64.7 Å². The highest BCUT2D eigenvalue weighted by molar-refractivity contribution is 7.89. The molecule has 2 aromatic rings. The Morgan fingerprint density at radius 1 is 1.10 bits per heavy atom. The molecule has 12 heteroatoms. The minimum Gasteiger partial charge on any atom is -0.463 e. The number of amides is 2. The fourth-order valence-electron chi connectivity index (χ4n) is 5.03. The molecule has 2 heterocycles. The molecule has 2 aliphatic rings. The Hall–Kier alpha value is -2.99. The van der Waals surface area contributed by atoms with Gasteiger partial charge in [0.15, 0.2) is 0 Å². The van der Waals surface area contributed by atoms with Crippen LogP contribution in [0.1, 0.15) is 32.4 Å². The molecule has 0 radical (unpaired) electrons. The van der Waals surface area contributed by atoms with Gasteiger partial charge in [-0.05, 0) is 62.7 Å². The minimum absolute atomic E-state index is 0.143. The van der Waals surface area contributed by atoms with Crippen molar-refractivity contribution in [2.24, 2.45) is 0 Å². The van der Waals surface area contributed by atoms with Gasteiger partial charge in [-0.15, -0.1) is 0 Å². The van der Waals surface area contributed by atoms with E-state index in [0.717, 1.165) is 0 Å². The lowest BCUT2D eigenvalue weighted by atomic mass is 9.94. The predicted molar refractivity (Wildman–Crippen MR) is 145 cm³/mol. The summed E-state index contributed by atoms with van der Waals surface area (Å²) in [6.07, 6.45) is 0. The number of sulfonamides is 1. The average Bonchev–Trinajstić information content (AvgIpc) is 2.89. The van der Waals surface area contributed by atoms with Crippen LogP contribution in [0.3, 0.4) is 0 Å². The smallest absolute Gasteiger partial charge is 0.338 e. The van der Waals surface area contributed by atoms with Gasteiger partial charge in [-0.1, -0.05) is 23.7 Å². The van der Waals surface area contributed by atoms with Gasteiger partial charge in [-0.3, -0.25) is 9.80 Å². The van der Waals surface area contributed by atoms with Gasteiger partial charge in [-0.2, -0.15) is 4.31 Å². The topological polar surface area (TPSA) is 99.3 Å². The van der Waals surface area contributed by atoms with Crippen LogP contribution in [-0.2, 0) is 19.6 Å². The summed E-state index contributed by atoms with van der Waals surface area (Å²) in [5.74, 6) is -1.00. The number of ether oxygens (including phenoxy) is 1. The number of benzene rings is 2. The Kier molecular flexibility index (Phi) is 8.95. The van der Waals surface area contributed by atoms with Crippen LogP contribution >= 0.6 is 11.6 Å². The van der Waals surface area contributed by atoms with Gasteiger partial charge in [0.2, 0.25) is 10.0 Å². The van der Waals surface area contributed by atoms with Crippen LogP contribution in [0.5, 0.6) is 0 Å². The van der Waals surface area contributed by atoms with Crippen molar-refractivity contribution >= 4 is 33.6 Å². The van der Waals surface area contributed by atoms with Gasteiger partial charge < -0.3 is 10.1 Å². The minimum atomic E-state index is -3.73. The number of nitrogens with zero attached hydrogens (tertiary/aromatic N) is 3. The van der Waals surface area contributed by atoms with Crippen LogP contribution in [-0.4, -0.2) is 79.9 Å². The second kappa shape index (κ2) is 12.0. The summed E-state index contributed by atoms with van der Waals surface area (Å²) in [6, 6.07) is 10.1. The van der Waals surface area contributed by atoms with E-state index in [1.807, 2.05) is 11.8 Å². The van der Waals surface area contributed by atoms with E-state index < -0.39 is 27.9 Å². The molecule has 9 nitrogen and oxygen atoms in total. The maximum atomic E-state index is 13.6. The first-order valence-electron chi connectivity index (χ1n) is 12.8. The van der Waals surface area contributed by atoms with Gasteiger partial charge in [0, 0.05) is 49.5 Å². The number of likely N-dealkylation sites (N-methyl/N-ethyl adjacent to an activating group) is 1. The highest BCUT2D eigenvalue weighted by atomic mass is 35.5. The van der Waals surface area contributed by atoms with Gasteiger partial charge in [0.1, 0.15) is 5.82 Å². The van der Waals surface area contributed by atoms with Crippen molar-refractivity contribution in [3.63, 3.8) is 0 Å². The molecule has 2 atom stereocenters. The fraction of sp³-hybridized carbons (Fsp3) is 0.407. The van der Waals surface area contributed by atoms with Crippen molar-refractivity contribution in [3.05, 3.63) is 76.2 Å². The third-order valence-corrected chi connectivity index (χ3v) is 9.18. The summed E-state index contributed by atoms with van der Waals surface area (Å²) < 4.78 is 47.0. The van der Waals surface area contributed by atoms with Crippen molar-refractivity contribution in [2.45, 2.75) is 37.8 Å². The lowest BCUT2D eigenvalue weighted by Gasteiger charge is -2.42. The Morgan fingerprint density at radius 3 is 2.36 bits per heavy atom. The Morgan fingerprint density at radius 2 is 1.77 bits per heavy atom. The largest absolute Gasteiger partial charge is 0.463 e. The molecule has 39 heavy (non-hydrogen) atoms. The van der Waals surface area contributed by atoms with Crippen molar-refractivity contribution in [1.82, 2.24) is 19.4 Å². The number of esters is 1. The number of carbonyl (C=O) groups is 2. The molecule has 2 aromatic carbocycles. The maximum Gasteiger partial charge on any atom is 0.338 e. The second-order valence-corrected chi connectivity index (χ2v) is 11.7. The van der Waals surface area contributed by atoms with E-state index in [4.69, 9.17) is 16.3 Å². The molecule has 1 N–H and O–H groups in total. The van der Waals surface area contributed by atoms with Crippen molar-refractivity contribution in [3.8, 4) is 0 Å². The molecule has 4 rings (SSSR count). The Balaban J connectivity index is 1.64. The first-order chi connectivity index (χ1) is 18.6. The summed E-state index contributed by atoms with van der Waals surface area (Å²) in [5, 5.41) is 3.31. The molecule has 0 saturated carbocycles. The molecule has 1 fully saturated rings. The molecule has 210 valence electrons. The number of urea groups is 1. The molecular weight excluding hydrogens is 547 g/mol. The first-order valence-corrected chi connectivity index (χ1v) is 14.6. The van der Waals surface area contributed by atoms with Crippen LogP contribution in [0.2, 0.25) is 5.02 Å². The van der Waals surface area contributed by atoms with Crippen LogP contribution in [0.4, 0.5) is 9.18 Å². The average molecular weight is 579 g/mol. The van der Waals surface area contributed by atoms with E-state index >= 15 is 0 Å². The number of hydrogen-bond acceptors (Lipinski definition) is 6. The Labute approximate surface area is 233 Å². The Bertz CT molecular complexity index is 1350. The third kappa shape index (κ3) is 6.11. The number of piperazine rings is 1. The zero-order chi connectivity index (χ0) is 28.3. The van der Waals surface area contributed by atoms with Gasteiger partial charge in [-0.25, -0.2) is 22.4 Å². The molecule has 0 aliphatic carbocycles. The zero-order valence-electron chi connectivity index (χ0n) is 22.1. The lowest BCUT2D eigenvalue weighted by Crippen LogP contribution is -2.56. The van der Waals surface area contributed by atoms with E-state index in [1.54, 1.807) is 26.0 Å². The summed E-state index contributed by atoms with van der Waals surface area (Å²) in [5.41, 5.74) is 1.30. The maximum absolute atomic E-state index is 13.6. The molecule has 0 spiro atoms. The predicted octanol–water partition coefficient (Wildman–Crippen LogP) is 3.78. The molecule has 1 saturated heterocycles. The SMILES string of the molecule is CCOC(=O)C1=C(CN2CCN(S(=O)(=O)c3ccc(Cl)cc3)[C@@H](C)C2)N(CC)C(=O)N[C@@H]1c1ccc(F)cc1. The fourth-order valence-corrected chi connectivity index (χ4v) is 6.77. The molecule has 0 unspecified atom stereocenters. The highest BCUT2D eigenvalue weighted by Gasteiger charge is 2.40. The van der Waals surface area contributed by atoms with Crippen LogP contribution in [0, 0.1) is 5.82 Å². The molecular formula is C27H32ClFN4O5S. The van der Waals surface area contributed by atoms with Crippen LogP contribution < -0.4 is 5.32 Å². The van der Waals surface area contributed by atoms with E-state index in [9.17, 15) is 22.4 Å². The summed E-state index contributed by atoms with van der Waals surface area (Å²) in [7, 11) is -3.73. The van der Waals surface area contributed by atoms with Crippen LogP contribution in [0.25, 0.3) is 0 Å². The van der Waals surface area contributed by atoms with E-state index in [2.05, 4.69) is 5.32 Å². The molecule has 2 aliphatic heterocycles. The number of nitrogens with one attached hydrogen (secondary N) is 1. The van der Waals surface area contributed by atoms with Gasteiger partial charge in [0.25, 0.3) is 0 Å². The number of carbonyl (C=O) groups excluding carboxylic acids is 2.